The van der Waals surface area contributed by atoms with Crippen LogP contribution in [-0.2, 0) is 17.6 Å². The minimum atomic E-state index is -0.475. The molecule has 1 unspecified atom stereocenters. The van der Waals surface area contributed by atoms with E-state index in [1.165, 1.54) is 22.5 Å². The number of hydrogen-bond donors (Lipinski definition) is 2. The first-order chi connectivity index (χ1) is 15.1. The van der Waals surface area contributed by atoms with Gasteiger partial charge in [0, 0.05) is 0 Å². The van der Waals surface area contributed by atoms with Crippen molar-refractivity contribution in [3.05, 3.63) is 97.5 Å². The van der Waals surface area contributed by atoms with Crippen LogP contribution in [0.4, 0.5) is 0 Å². The van der Waals surface area contributed by atoms with E-state index >= 15 is 0 Å². The number of carbonyl (C=O) groups excluding carboxylic acids is 1. The smallest absolute Gasteiger partial charge is 0.333 e. The van der Waals surface area contributed by atoms with Gasteiger partial charge in [-0.2, -0.15) is 0 Å². The van der Waals surface area contributed by atoms with Crippen molar-refractivity contribution in [1.82, 2.24) is 14.9 Å². The second-order valence-electron chi connectivity index (χ2n) is 7.79. The van der Waals surface area contributed by atoms with Gasteiger partial charge < -0.3 is 10.3 Å². The van der Waals surface area contributed by atoms with Crippen molar-refractivity contribution in [2.45, 2.75) is 31.7 Å². The molecule has 1 aliphatic carbocycles. The first-order valence-electron chi connectivity index (χ1n) is 10.3. The standard InChI is InChI=1S/C24H21N3O3S/c28-21(25-19-7-3-5-16-4-1-2-6-18(16)19)14-15-8-10-17(11-9-15)27-23(29)22-20(12-13-31-22)26-24(27)30/h1-2,4,6,8-13,19H,3,5,7,14H2,(H,25,28)(H,26,30). The molecule has 31 heavy (non-hydrogen) atoms. The van der Waals surface area contributed by atoms with Crippen LogP contribution < -0.4 is 16.6 Å². The Kier molecular flexibility index (Phi) is 5.03. The molecule has 0 saturated carbocycles. The monoisotopic (exact) mass is 431 g/mol. The van der Waals surface area contributed by atoms with Gasteiger partial charge in [-0.15, -0.1) is 11.3 Å². The second kappa shape index (κ2) is 8.00. The molecule has 0 fully saturated rings. The van der Waals surface area contributed by atoms with E-state index in [0.29, 0.717) is 15.9 Å². The molecule has 2 N–H and O–H groups in total. The summed E-state index contributed by atoms with van der Waals surface area (Å²) in [5.74, 6) is -0.0375. The number of amides is 1. The van der Waals surface area contributed by atoms with E-state index in [2.05, 4.69) is 22.4 Å². The van der Waals surface area contributed by atoms with Gasteiger partial charge in [-0.05, 0) is 59.5 Å². The summed E-state index contributed by atoms with van der Waals surface area (Å²) in [6.07, 6.45) is 3.31. The molecule has 2 aromatic carbocycles. The molecule has 1 aliphatic rings. The van der Waals surface area contributed by atoms with Crippen LogP contribution in [0.2, 0.25) is 0 Å². The average molecular weight is 432 g/mol. The lowest BCUT2D eigenvalue weighted by atomic mass is 9.87. The van der Waals surface area contributed by atoms with Gasteiger partial charge in [0.15, 0.2) is 0 Å². The predicted molar refractivity (Wildman–Crippen MR) is 122 cm³/mol. The van der Waals surface area contributed by atoms with E-state index in [-0.39, 0.29) is 23.9 Å². The number of fused-ring (bicyclic) bond motifs is 2. The summed E-state index contributed by atoms with van der Waals surface area (Å²) in [7, 11) is 0. The Morgan fingerprint density at radius 1 is 1.10 bits per heavy atom. The molecule has 156 valence electrons. The highest BCUT2D eigenvalue weighted by atomic mass is 32.1. The number of nitrogens with one attached hydrogen (secondary N) is 2. The Morgan fingerprint density at radius 3 is 2.74 bits per heavy atom. The van der Waals surface area contributed by atoms with Crippen molar-refractivity contribution in [3.63, 3.8) is 0 Å². The van der Waals surface area contributed by atoms with Gasteiger partial charge in [0.2, 0.25) is 5.91 Å². The third-order valence-electron chi connectivity index (χ3n) is 5.77. The zero-order valence-electron chi connectivity index (χ0n) is 16.8. The van der Waals surface area contributed by atoms with Crippen LogP contribution in [0, 0.1) is 0 Å². The fraction of sp³-hybridized carbons (Fsp3) is 0.208. The molecular weight excluding hydrogens is 410 g/mol. The van der Waals surface area contributed by atoms with Crippen LogP contribution >= 0.6 is 11.3 Å². The lowest BCUT2D eigenvalue weighted by Crippen LogP contribution is -2.33. The predicted octanol–water partition coefficient (Wildman–Crippen LogP) is 3.48. The summed E-state index contributed by atoms with van der Waals surface area (Å²) < 4.78 is 1.64. The first kappa shape index (κ1) is 19.5. The number of aromatic nitrogens is 2. The molecule has 7 heteroatoms. The fourth-order valence-corrected chi connectivity index (χ4v) is 5.05. The maximum Gasteiger partial charge on any atom is 0.333 e. The number of thiophene rings is 1. The van der Waals surface area contributed by atoms with Gasteiger partial charge in [0.05, 0.1) is 23.7 Å². The van der Waals surface area contributed by atoms with Gasteiger partial charge in [-0.25, -0.2) is 9.36 Å². The third kappa shape index (κ3) is 3.72. The summed E-state index contributed by atoms with van der Waals surface area (Å²) in [5, 5.41) is 4.93. The second-order valence-corrected chi connectivity index (χ2v) is 8.70. The van der Waals surface area contributed by atoms with Gasteiger partial charge in [0.25, 0.3) is 5.56 Å². The Labute approximate surface area is 182 Å². The van der Waals surface area contributed by atoms with Crippen molar-refractivity contribution in [1.29, 1.82) is 0 Å². The number of benzene rings is 2. The molecule has 5 rings (SSSR count). The Bertz CT molecular complexity index is 1380. The molecule has 4 aromatic rings. The highest BCUT2D eigenvalue weighted by Crippen LogP contribution is 2.29. The highest BCUT2D eigenvalue weighted by molar-refractivity contribution is 7.17. The van der Waals surface area contributed by atoms with E-state index in [1.54, 1.807) is 35.7 Å². The van der Waals surface area contributed by atoms with Crippen LogP contribution in [0.5, 0.6) is 0 Å². The summed E-state index contributed by atoms with van der Waals surface area (Å²) in [6, 6.07) is 17.0. The topological polar surface area (TPSA) is 84.0 Å². The molecule has 0 spiro atoms. The molecule has 2 aromatic heterocycles. The molecule has 2 heterocycles. The summed E-state index contributed by atoms with van der Waals surface area (Å²) in [6.45, 7) is 0. The highest BCUT2D eigenvalue weighted by Gasteiger charge is 2.21. The number of carbonyl (C=O) groups is 1. The number of hydrogen-bond acceptors (Lipinski definition) is 4. The summed E-state index contributed by atoms with van der Waals surface area (Å²) >= 11 is 1.30. The van der Waals surface area contributed by atoms with Crippen LogP contribution in [0.1, 0.15) is 35.6 Å². The lowest BCUT2D eigenvalue weighted by Gasteiger charge is -2.26. The number of H-pyrrole nitrogens is 1. The van der Waals surface area contributed by atoms with E-state index in [4.69, 9.17) is 0 Å². The number of aryl methyl sites for hydroxylation is 1. The number of nitrogens with zero attached hydrogens (tertiary/aromatic N) is 1. The van der Waals surface area contributed by atoms with E-state index in [1.807, 2.05) is 12.1 Å². The van der Waals surface area contributed by atoms with Gasteiger partial charge in [0.1, 0.15) is 4.70 Å². The van der Waals surface area contributed by atoms with Crippen LogP contribution in [0.3, 0.4) is 0 Å². The molecule has 0 aliphatic heterocycles. The SMILES string of the molecule is O=C(Cc1ccc(-n2c(=O)[nH]c3ccsc3c2=O)cc1)NC1CCCc2ccccc21. The van der Waals surface area contributed by atoms with Crippen molar-refractivity contribution in [2.24, 2.45) is 0 Å². The molecule has 0 bridgehead atoms. The third-order valence-corrected chi connectivity index (χ3v) is 6.67. The zero-order valence-corrected chi connectivity index (χ0v) is 17.6. The molecule has 6 nitrogen and oxygen atoms in total. The summed E-state index contributed by atoms with van der Waals surface area (Å²) in [4.78, 5) is 40.5. The minimum absolute atomic E-state index is 0.0375. The Balaban J connectivity index is 1.33. The lowest BCUT2D eigenvalue weighted by molar-refractivity contribution is -0.121. The van der Waals surface area contributed by atoms with Crippen LogP contribution in [-0.4, -0.2) is 15.5 Å². The van der Waals surface area contributed by atoms with Gasteiger partial charge in [-0.3, -0.25) is 9.59 Å². The van der Waals surface area contributed by atoms with Crippen molar-refractivity contribution in [2.75, 3.05) is 0 Å². The van der Waals surface area contributed by atoms with Gasteiger partial charge >= 0.3 is 5.69 Å². The molecule has 1 amide bonds. The molecule has 0 saturated heterocycles. The Morgan fingerprint density at radius 2 is 1.90 bits per heavy atom. The maximum absolute atomic E-state index is 12.7. The number of rotatable bonds is 4. The minimum Gasteiger partial charge on any atom is -0.349 e. The van der Waals surface area contributed by atoms with Crippen LogP contribution in [0.15, 0.2) is 69.6 Å². The molecule has 1 atom stereocenters. The van der Waals surface area contributed by atoms with Crippen molar-refractivity contribution < 1.29 is 4.79 Å². The largest absolute Gasteiger partial charge is 0.349 e. The summed E-state index contributed by atoms with van der Waals surface area (Å²) in [5.41, 5.74) is 3.56. The van der Waals surface area contributed by atoms with E-state index in [9.17, 15) is 14.4 Å². The van der Waals surface area contributed by atoms with E-state index < -0.39 is 5.69 Å². The zero-order chi connectivity index (χ0) is 21.4. The maximum atomic E-state index is 12.7. The van der Waals surface area contributed by atoms with Crippen LogP contribution in [0.25, 0.3) is 15.9 Å². The average Bonchev–Trinajstić information content (AvgIpc) is 3.24. The van der Waals surface area contributed by atoms with Crippen molar-refractivity contribution >= 4 is 27.5 Å². The van der Waals surface area contributed by atoms with Crippen molar-refractivity contribution in [3.8, 4) is 5.69 Å². The quantitative estimate of drug-likeness (QED) is 0.519. The first-order valence-corrected chi connectivity index (χ1v) is 11.2. The fourth-order valence-electron chi connectivity index (χ4n) is 4.27. The molecule has 0 radical (unpaired) electrons. The normalized spacial score (nSPS) is 15.5. The van der Waals surface area contributed by atoms with E-state index in [0.717, 1.165) is 29.4 Å². The Hall–Kier alpha value is -3.45. The number of aromatic amines is 1. The van der Waals surface area contributed by atoms with Gasteiger partial charge in [-0.1, -0.05) is 36.4 Å². The molecular formula is C24H21N3O3S.